The molecule has 0 atom stereocenters. The van der Waals surface area contributed by atoms with Crippen LogP contribution in [0.2, 0.25) is 0 Å². The predicted octanol–water partition coefficient (Wildman–Crippen LogP) is 5.60. The number of benzene rings is 1. The number of hydrogen-bond donors (Lipinski definition) is 1. The second-order valence-electron chi connectivity index (χ2n) is 6.46. The summed E-state index contributed by atoms with van der Waals surface area (Å²) in [6, 6.07) is 14.6. The van der Waals surface area contributed by atoms with Crippen LogP contribution in [0, 0.1) is 0 Å². The highest BCUT2D eigenvalue weighted by Crippen LogP contribution is 2.30. The van der Waals surface area contributed by atoms with Crippen LogP contribution in [-0.2, 0) is 6.42 Å². The van der Waals surface area contributed by atoms with Crippen molar-refractivity contribution in [1.29, 1.82) is 0 Å². The van der Waals surface area contributed by atoms with Gasteiger partial charge in [0.15, 0.2) is 0 Å². The summed E-state index contributed by atoms with van der Waals surface area (Å²) in [7, 11) is 4.24. The molecule has 0 aliphatic carbocycles. The summed E-state index contributed by atoms with van der Waals surface area (Å²) in [5.41, 5.74) is 3.30. The first-order valence-corrected chi connectivity index (χ1v) is 10.3. The molecule has 2 aromatic heterocycles. The largest absolute Gasteiger partial charge is 0.324 e. The van der Waals surface area contributed by atoms with Crippen molar-refractivity contribution in [2.45, 2.75) is 19.3 Å². The SMILES string of the molecule is CN(C)CCCCc1cccc(Nc2nccc(-c3ccc(Br)s3)n2)c1. The Bertz CT molecular complexity index is 847. The maximum atomic E-state index is 4.64. The molecule has 0 saturated heterocycles. The molecule has 1 aromatic carbocycles. The lowest BCUT2D eigenvalue weighted by molar-refractivity contribution is 0.394. The fraction of sp³-hybridized carbons (Fsp3) is 0.300. The fourth-order valence-corrected chi connectivity index (χ4v) is 4.05. The Morgan fingerprint density at radius 1 is 1.12 bits per heavy atom. The molecule has 2 heterocycles. The lowest BCUT2D eigenvalue weighted by Crippen LogP contribution is -2.12. The molecule has 0 amide bonds. The third-order valence-corrected chi connectivity index (χ3v) is 5.63. The highest BCUT2D eigenvalue weighted by Gasteiger charge is 2.06. The zero-order valence-electron chi connectivity index (χ0n) is 15.1. The number of thiophene rings is 1. The van der Waals surface area contributed by atoms with E-state index in [1.807, 2.05) is 12.1 Å². The van der Waals surface area contributed by atoms with Crippen LogP contribution in [0.4, 0.5) is 11.6 Å². The Morgan fingerprint density at radius 2 is 2.00 bits per heavy atom. The average Bonchev–Trinajstić information content (AvgIpc) is 3.06. The Hall–Kier alpha value is -1.76. The molecule has 0 aliphatic heterocycles. The second-order valence-corrected chi connectivity index (χ2v) is 8.92. The van der Waals surface area contributed by atoms with Gasteiger partial charge in [-0.2, -0.15) is 0 Å². The van der Waals surface area contributed by atoms with Crippen molar-refractivity contribution in [2.24, 2.45) is 0 Å². The van der Waals surface area contributed by atoms with Gasteiger partial charge in [-0.05, 0) is 91.7 Å². The van der Waals surface area contributed by atoms with Gasteiger partial charge in [0.05, 0.1) is 14.4 Å². The van der Waals surface area contributed by atoms with Crippen molar-refractivity contribution in [3.63, 3.8) is 0 Å². The van der Waals surface area contributed by atoms with E-state index in [1.54, 1.807) is 17.5 Å². The van der Waals surface area contributed by atoms with E-state index in [9.17, 15) is 0 Å². The van der Waals surface area contributed by atoms with E-state index in [1.165, 1.54) is 18.4 Å². The highest BCUT2D eigenvalue weighted by atomic mass is 79.9. The smallest absolute Gasteiger partial charge is 0.227 e. The van der Waals surface area contributed by atoms with Crippen LogP contribution < -0.4 is 5.32 Å². The van der Waals surface area contributed by atoms with E-state index < -0.39 is 0 Å². The Balaban J connectivity index is 1.64. The number of unbranched alkanes of at least 4 members (excludes halogenated alkanes) is 1. The molecule has 0 saturated carbocycles. The van der Waals surface area contributed by atoms with E-state index >= 15 is 0 Å². The minimum atomic E-state index is 0.622. The Morgan fingerprint density at radius 3 is 2.77 bits per heavy atom. The lowest BCUT2D eigenvalue weighted by atomic mass is 10.1. The van der Waals surface area contributed by atoms with Crippen molar-refractivity contribution in [1.82, 2.24) is 14.9 Å². The van der Waals surface area contributed by atoms with Crippen molar-refractivity contribution in [3.8, 4) is 10.6 Å². The second kappa shape index (κ2) is 9.26. The van der Waals surface area contributed by atoms with Crippen LogP contribution in [0.1, 0.15) is 18.4 Å². The van der Waals surface area contributed by atoms with Crippen molar-refractivity contribution in [2.75, 3.05) is 26.0 Å². The van der Waals surface area contributed by atoms with Gasteiger partial charge in [-0.15, -0.1) is 11.3 Å². The Labute approximate surface area is 167 Å². The molecule has 4 nitrogen and oxygen atoms in total. The summed E-state index contributed by atoms with van der Waals surface area (Å²) in [4.78, 5) is 12.3. The molecule has 0 aliphatic rings. The number of anilines is 2. The molecule has 0 spiro atoms. The van der Waals surface area contributed by atoms with Gasteiger partial charge in [-0.3, -0.25) is 0 Å². The highest BCUT2D eigenvalue weighted by molar-refractivity contribution is 9.11. The van der Waals surface area contributed by atoms with Crippen LogP contribution in [0.3, 0.4) is 0 Å². The molecule has 3 rings (SSSR count). The summed E-state index contributed by atoms with van der Waals surface area (Å²) >= 11 is 5.17. The number of nitrogens with zero attached hydrogens (tertiary/aromatic N) is 3. The number of aryl methyl sites for hydroxylation is 1. The summed E-state index contributed by atoms with van der Waals surface area (Å²) in [5.74, 6) is 0.622. The monoisotopic (exact) mass is 430 g/mol. The summed E-state index contributed by atoms with van der Waals surface area (Å²) in [6.45, 7) is 1.14. The third-order valence-electron chi connectivity index (χ3n) is 3.99. The molecule has 1 N–H and O–H groups in total. The average molecular weight is 431 g/mol. The van der Waals surface area contributed by atoms with Crippen molar-refractivity contribution < 1.29 is 0 Å². The summed E-state index contributed by atoms with van der Waals surface area (Å²) in [5, 5.41) is 3.33. The van der Waals surface area contributed by atoms with Crippen LogP contribution >= 0.6 is 27.3 Å². The standard InChI is InChI=1S/C20H23BrN4S/c1-25(2)13-4-3-6-15-7-5-8-16(14-15)23-20-22-12-11-17(24-20)18-9-10-19(21)26-18/h5,7-12,14H,3-4,6,13H2,1-2H3,(H,22,23,24). The first-order chi connectivity index (χ1) is 12.6. The molecule has 0 bridgehead atoms. The normalized spacial score (nSPS) is 11.1. The number of nitrogens with one attached hydrogen (secondary N) is 1. The predicted molar refractivity (Wildman–Crippen MR) is 114 cm³/mol. The number of aromatic nitrogens is 2. The molecule has 0 fully saturated rings. The zero-order chi connectivity index (χ0) is 18.4. The number of halogens is 1. The zero-order valence-corrected chi connectivity index (χ0v) is 17.5. The molecule has 136 valence electrons. The minimum Gasteiger partial charge on any atom is -0.324 e. The van der Waals surface area contributed by atoms with Crippen LogP contribution in [0.25, 0.3) is 10.6 Å². The van der Waals surface area contributed by atoms with E-state index in [2.05, 4.69) is 80.5 Å². The van der Waals surface area contributed by atoms with Crippen molar-refractivity contribution >= 4 is 38.9 Å². The van der Waals surface area contributed by atoms with Gasteiger partial charge in [-0.1, -0.05) is 12.1 Å². The topological polar surface area (TPSA) is 41.0 Å². The molecule has 26 heavy (non-hydrogen) atoms. The van der Waals surface area contributed by atoms with E-state index in [-0.39, 0.29) is 0 Å². The first-order valence-electron chi connectivity index (χ1n) is 8.69. The molecule has 3 aromatic rings. The van der Waals surface area contributed by atoms with E-state index in [0.29, 0.717) is 5.95 Å². The third kappa shape index (κ3) is 5.62. The van der Waals surface area contributed by atoms with Crippen LogP contribution in [0.5, 0.6) is 0 Å². The quantitative estimate of drug-likeness (QED) is 0.472. The van der Waals surface area contributed by atoms with Gasteiger partial charge in [0.1, 0.15) is 0 Å². The van der Waals surface area contributed by atoms with Gasteiger partial charge in [-0.25, -0.2) is 9.97 Å². The van der Waals surface area contributed by atoms with Crippen molar-refractivity contribution in [3.05, 3.63) is 58.0 Å². The molecular weight excluding hydrogens is 408 g/mol. The Kier molecular flexibility index (Phi) is 6.77. The maximum Gasteiger partial charge on any atom is 0.227 e. The van der Waals surface area contributed by atoms with Gasteiger partial charge >= 0.3 is 0 Å². The van der Waals surface area contributed by atoms with Gasteiger partial charge in [0.2, 0.25) is 5.95 Å². The first kappa shape index (κ1) is 19.0. The summed E-state index contributed by atoms with van der Waals surface area (Å²) in [6.07, 6.45) is 5.30. The number of hydrogen-bond acceptors (Lipinski definition) is 5. The summed E-state index contributed by atoms with van der Waals surface area (Å²) < 4.78 is 1.10. The maximum absolute atomic E-state index is 4.64. The minimum absolute atomic E-state index is 0.622. The van der Waals surface area contributed by atoms with Gasteiger partial charge in [0.25, 0.3) is 0 Å². The fourth-order valence-electron chi connectivity index (χ4n) is 2.70. The number of rotatable bonds is 8. The molecule has 0 radical (unpaired) electrons. The lowest BCUT2D eigenvalue weighted by Gasteiger charge is -2.10. The van der Waals surface area contributed by atoms with Crippen LogP contribution in [-0.4, -0.2) is 35.5 Å². The van der Waals surface area contributed by atoms with E-state index in [0.717, 1.165) is 33.0 Å². The van der Waals surface area contributed by atoms with Gasteiger partial charge in [0, 0.05) is 11.9 Å². The van der Waals surface area contributed by atoms with Gasteiger partial charge < -0.3 is 10.2 Å². The molecule has 6 heteroatoms. The van der Waals surface area contributed by atoms with Crippen LogP contribution in [0.15, 0.2) is 52.4 Å². The van der Waals surface area contributed by atoms with E-state index in [4.69, 9.17) is 0 Å². The molecular formula is C20H23BrN4S. The molecule has 0 unspecified atom stereocenters.